The zero-order valence-electron chi connectivity index (χ0n) is 21.2. The molecule has 0 aliphatic heterocycles. The first-order valence-electron chi connectivity index (χ1n) is 12.0. The van der Waals surface area contributed by atoms with Gasteiger partial charge in [-0.25, -0.2) is 0 Å². The molecule has 37 heavy (non-hydrogen) atoms. The Labute approximate surface area is 234 Å². The van der Waals surface area contributed by atoms with Crippen LogP contribution in [0.2, 0.25) is 19.6 Å². The Morgan fingerprint density at radius 3 is 2.11 bits per heavy atom. The first kappa shape index (κ1) is 28.3. The Bertz CT molecular complexity index is 1370. The molecule has 0 spiro atoms. The first-order valence-corrected chi connectivity index (χ1v) is 15.5. The van der Waals surface area contributed by atoms with Crippen LogP contribution in [0.25, 0.3) is 22.5 Å². The number of nitrogens with zero attached hydrogens (tertiary/aromatic N) is 2. The molecular formula is C32H29FIrN2Si-2. The number of benzene rings is 3. The summed E-state index contributed by atoms with van der Waals surface area (Å²) in [5.41, 5.74) is 6.28. The van der Waals surface area contributed by atoms with Gasteiger partial charge in [0.25, 0.3) is 0 Å². The normalized spacial score (nSPS) is 10.6. The number of rotatable bonds is 5. The molecular weight excluding hydrogens is 652 g/mol. The van der Waals surface area contributed by atoms with E-state index in [0.717, 1.165) is 28.9 Å². The monoisotopic (exact) mass is 681 g/mol. The second kappa shape index (κ2) is 13.3. The van der Waals surface area contributed by atoms with Gasteiger partial charge in [-0.1, -0.05) is 68.2 Å². The molecule has 0 saturated carbocycles. The SMILES string of the molecule is C[Si](C)(C)c1ccc(-c2[c-]cc(F)cc2)nc1.[Ir].[c-]1ccccc1-c1cc(Cc2ccccc2)ccn1. The van der Waals surface area contributed by atoms with E-state index in [-0.39, 0.29) is 25.9 Å². The van der Waals surface area contributed by atoms with E-state index in [9.17, 15) is 4.39 Å². The molecule has 2 aromatic heterocycles. The molecule has 0 fully saturated rings. The quantitative estimate of drug-likeness (QED) is 0.143. The molecule has 3 aromatic carbocycles. The molecule has 2 heterocycles. The van der Waals surface area contributed by atoms with Crippen molar-refractivity contribution in [2.45, 2.75) is 26.1 Å². The van der Waals surface area contributed by atoms with Gasteiger partial charge in [-0.15, -0.1) is 65.7 Å². The Morgan fingerprint density at radius 1 is 0.730 bits per heavy atom. The minimum Gasteiger partial charge on any atom is -0.305 e. The molecule has 189 valence electrons. The Hall–Kier alpha value is -3.24. The van der Waals surface area contributed by atoms with Gasteiger partial charge in [-0.05, 0) is 40.2 Å². The molecule has 5 heteroatoms. The van der Waals surface area contributed by atoms with Crippen LogP contribution in [0.4, 0.5) is 4.39 Å². The third kappa shape index (κ3) is 8.39. The van der Waals surface area contributed by atoms with Crippen LogP contribution in [0.1, 0.15) is 11.1 Å². The van der Waals surface area contributed by atoms with Gasteiger partial charge in [-0.3, -0.25) is 4.39 Å². The van der Waals surface area contributed by atoms with Crippen molar-refractivity contribution < 1.29 is 24.5 Å². The van der Waals surface area contributed by atoms with Crippen LogP contribution in [-0.4, -0.2) is 18.0 Å². The van der Waals surface area contributed by atoms with Crippen molar-refractivity contribution in [2.24, 2.45) is 0 Å². The van der Waals surface area contributed by atoms with E-state index in [0.29, 0.717) is 0 Å². The summed E-state index contributed by atoms with van der Waals surface area (Å²) in [5.74, 6) is -0.271. The van der Waals surface area contributed by atoms with Gasteiger partial charge in [0, 0.05) is 38.3 Å². The summed E-state index contributed by atoms with van der Waals surface area (Å²) >= 11 is 0. The molecule has 0 aliphatic carbocycles. The van der Waals surface area contributed by atoms with Crippen molar-refractivity contribution >= 4 is 13.3 Å². The maximum Gasteiger partial charge on any atom is 0.0795 e. The largest absolute Gasteiger partial charge is 0.305 e. The second-order valence-electron chi connectivity index (χ2n) is 9.59. The van der Waals surface area contributed by atoms with E-state index in [1.165, 1.54) is 28.4 Å². The fraction of sp³-hybridized carbons (Fsp3) is 0.125. The smallest absolute Gasteiger partial charge is 0.0795 e. The summed E-state index contributed by atoms with van der Waals surface area (Å²) in [6, 6.07) is 37.3. The molecule has 0 bridgehead atoms. The van der Waals surface area contributed by atoms with Gasteiger partial charge in [0.1, 0.15) is 0 Å². The van der Waals surface area contributed by atoms with Crippen LogP contribution in [-0.2, 0) is 26.5 Å². The molecule has 0 aliphatic rings. The number of hydrogen-bond donors (Lipinski definition) is 0. The molecule has 0 amide bonds. The fourth-order valence-electron chi connectivity index (χ4n) is 3.68. The number of aromatic nitrogens is 2. The average Bonchev–Trinajstić information content (AvgIpc) is 2.90. The van der Waals surface area contributed by atoms with E-state index in [1.54, 1.807) is 6.07 Å². The van der Waals surface area contributed by atoms with E-state index in [2.05, 4.69) is 84.2 Å². The summed E-state index contributed by atoms with van der Waals surface area (Å²) in [6.45, 7) is 6.86. The zero-order chi connectivity index (χ0) is 25.4. The molecule has 0 unspecified atom stereocenters. The summed E-state index contributed by atoms with van der Waals surface area (Å²) < 4.78 is 12.8. The van der Waals surface area contributed by atoms with E-state index in [1.807, 2.05) is 48.8 Å². The van der Waals surface area contributed by atoms with Crippen LogP contribution in [0.5, 0.6) is 0 Å². The van der Waals surface area contributed by atoms with Gasteiger partial charge in [-0.2, -0.15) is 0 Å². The third-order valence-corrected chi connectivity index (χ3v) is 7.77. The van der Waals surface area contributed by atoms with Gasteiger partial charge >= 0.3 is 0 Å². The predicted molar refractivity (Wildman–Crippen MR) is 149 cm³/mol. The van der Waals surface area contributed by atoms with Crippen molar-refractivity contribution in [1.29, 1.82) is 0 Å². The minimum absolute atomic E-state index is 0. The third-order valence-electron chi connectivity index (χ3n) is 5.74. The van der Waals surface area contributed by atoms with Gasteiger partial charge in [0.2, 0.25) is 0 Å². The molecule has 5 aromatic rings. The molecule has 0 N–H and O–H groups in total. The van der Waals surface area contributed by atoms with Crippen LogP contribution in [0, 0.1) is 17.9 Å². The summed E-state index contributed by atoms with van der Waals surface area (Å²) in [7, 11) is -1.30. The van der Waals surface area contributed by atoms with Crippen LogP contribution >= 0.6 is 0 Å². The zero-order valence-corrected chi connectivity index (χ0v) is 24.6. The Morgan fingerprint density at radius 2 is 1.49 bits per heavy atom. The standard InChI is InChI=1S/C18H14N.C14H15FNSi.Ir/c1-3-7-15(8-4-1)13-16-11-12-19-18(14-16)17-9-5-2-6-10-17;1-17(2,3)13-8-9-14(16-10-13)11-4-6-12(15)7-5-11;/h1-9,11-12,14H,13H2;4,6-10H,1-3H3;/q2*-1;. The van der Waals surface area contributed by atoms with Gasteiger partial charge < -0.3 is 9.97 Å². The Kier molecular flexibility index (Phi) is 10.2. The van der Waals surface area contributed by atoms with E-state index >= 15 is 0 Å². The number of halogens is 1. The molecule has 0 saturated heterocycles. The van der Waals surface area contributed by atoms with Crippen molar-refractivity contribution in [1.82, 2.24) is 9.97 Å². The predicted octanol–water partition coefficient (Wildman–Crippen LogP) is 7.37. The topological polar surface area (TPSA) is 25.8 Å². The maximum atomic E-state index is 12.8. The summed E-state index contributed by atoms with van der Waals surface area (Å²) in [4.78, 5) is 8.85. The average molecular weight is 681 g/mol. The van der Waals surface area contributed by atoms with Crippen molar-refractivity contribution in [3.05, 3.63) is 139 Å². The molecule has 5 rings (SSSR count). The maximum absolute atomic E-state index is 12.8. The van der Waals surface area contributed by atoms with Crippen molar-refractivity contribution in [3.63, 3.8) is 0 Å². The second-order valence-corrected chi connectivity index (χ2v) is 14.7. The van der Waals surface area contributed by atoms with Crippen LogP contribution in [0.15, 0.2) is 109 Å². The fourth-order valence-corrected chi connectivity index (χ4v) is 4.71. The van der Waals surface area contributed by atoms with Crippen LogP contribution < -0.4 is 5.19 Å². The van der Waals surface area contributed by atoms with E-state index < -0.39 is 8.07 Å². The number of hydrogen-bond acceptors (Lipinski definition) is 2. The van der Waals surface area contributed by atoms with Gasteiger partial charge in [0.05, 0.1) is 8.07 Å². The summed E-state index contributed by atoms with van der Waals surface area (Å²) in [5, 5.41) is 1.32. The number of pyridine rings is 2. The molecule has 0 atom stereocenters. The molecule has 2 nitrogen and oxygen atoms in total. The molecule has 1 radical (unpaired) electrons. The van der Waals surface area contributed by atoms with Gasteiger partial charge in [0.15, 0.2) is 0 Å². The van der Waals surface area contributed by atoms with E-state index in [4.69, 9.17) is 0 Å². The first-order chi connectivity index (χ1) is 17.4. The van der Waals surface area contributed by atoms with Crippen molar-refractivity contribution in [2.75, 3.05) is 0 Å². The van der Waals surface area contributed by atoms with Crippen LogP contribution in [0.3, 0.4) is 0 Å². The minimum atomic E-state index is -1.30. The van der Waals surface area contributed by atoms with Crippen molar-refractivity contribution in [3.8, 4) is 22.5 Å². The Balaban J connectivity index is 0.000000201. The summed E-state index contributed by atoms with van der Waals surface area (Å²) in [6.07, 6.45) is 4.73.